The summed E-state index contributed by atoms with van der Waals surface area (Å²) in [5.41, 5.74) is 5.21. The van der Waals surface area contributed by atoms with E-state index in [0.717, 1.165) is 19.3 Å². The standard InChI is InChI=1S/C8H13NO3.ClH/c9-6(8(11)12)4-7(10)5-2-1-3-5;/h5-6H,1-4,9H2,(H,11,12);1H. The molecule has 1 saturated carbocycles. The van der Waals surface area contributed by atoms with E-state index in [2.05, 4.69) is 0 Å². The number of rotatable bonds is 4. The monoisotopic (exact) mass is 207 g/mol. The Morgan fingerprint density at radius 2 is 2.00 bits per heavy atom. The molecule has 1 fully saturated rings. The SMILES string of the molecule is Cl.NC(CC(=O)C1CCC1)C(=O)O. The first-order chi connectivity index (χ1) is 5.61. The molecular formula is C8H14ClNO3. The molecule has 76 valence electrons. The molecule has 0 amide bonds. The van der Waals surface area contributed by atoms with E-state index in [9.17, 15) is 9.59 Å². The van der Waals surface area contributed by atoms with E-state index in [4.69, 9.17) is 10.8 Å². The molecule has 0 aliphatic heterocycles. The van der Waals surface area contributed by atoms with Crippen molar-refractivity contribution in [2.24, 2.45) is 11.7 Å². The molecule has 4 nitrogen and oxygen atoms in total. The second-order valence-electron chi connectivity index (χ2n) is 3.24. The van der Waals surface area contributed by atoms with Crippen LogP contribution in [0, 0.1) is 5.92 Å². The van der Waals surface area contributed by atoms with Crippen LogP contribution in [0.3, 0.4) is 0 Å². The average molecular weight is 208 g/mol. The molecule has 0 spiro atoms. The lowest BCUT2D eigenvalue weighted by Gasteiger charge is -2.24. The molecule has 0 aromatic carbocycles. The van der Waals surface area contributed by atoms with Gasteiger partial charge in [0.2, 0.25) is 0 Å². The molecule has 1 rings (SSSR count). The summed E-state index contributed by atoms with van der Waals surface area (Å²) >= 11 is 0. The van der Waals surface area contributed by atoms with Gasteiger partial charge in [-0.15, -0.1) is 12.4 Å². The van der Waals surface area contributed by atoms with Gasteiger partial charge in [-0.2, -0.15) is 0 Å². The second-order valence-corrected chi connectivity index (χ2v) is 3.24. The van der Waals surface area contributed by atoms with E-state index in [-0.39, 0.29) is 30.5 Å². The van der Waals surface area contributed by atoms with Gasteiger partial charge in [0.15, 0.2) is 0 Å². The summed E-state index contributed by atoms with van der Waals surface area (Å²) in [6.07, 6.45) is 2.88. The van der Waals surface area contributed by atoms with Crippen LogP contribution < -0.4 is 5.73 Å². The Balaban J connectivity index is 0.00000144. The largest absolute Gasteiger partial charge is 0.480 e. The predicted molar refractivity (Wildman–Crippen MR) is 49.8 cm³/mol. The maximum Gasteiger partial charge on any atom is 0.320 e. The molecule has 0 radical (unpaired) electrons. The number of carbonyl (C=O) groups excluding carboxylic acids is 1. The number of halogens is 1. The topological polar surface area (TPSA) is 80.4 Å². The fourth-order valence-corrected chi connectivity index (χ4v) is 1.20. The number of carbonyl (C=O) groups is 2. The van der Waals surface area contributed by atoms with Gasteiger partial charge in [-0.1, -0.05) is 6.42 Å². The number of aliphatic carboxylic acids is 1. The van der Waals surface area contributed by atoms with Crippen molar-refractivity contribution in [1.82, 2.24) is 0 Å². The maximum absolute atomic E-state index is 11.2. The van der Waals surface area contributed by atoms with Crippen LogP contribution in [0.2, 0.25) is 0 Å². The van der Waals surface area contributed by atoms with E-state index < -0.39 is 12.0 Å². The van der Waals surface area contributed by atoms with Crippen molar-refractivity contribution in [3.63, 3.8) is 0 Å². The lowest BCUT2D eigenvalue weighted by Crippen LogP contribution is -2.35. The lowest BCUT2D eigenvalue weighted by atomic mass is 9.80. The van der Waals surface area contributed by atoms with Gasteiger partial charge in [0.05, 0.1) is 0 Å². The van der Waals surface area contributed by atoms with Crippen LogP contribution in [0.15, 0.2) is 0 Å². The Kier molecular flexibility index (Phi) is 4.95. The number of Topliss-reactive ketones (excluding diaryl/α,β-unsaturated/α-hetero) is 1. The van der Waals surface area contributed by atoms with Crippen LogP contribution >= 0.6 is 12.4 Å². The smallest absolute Gasteiger partial charge is 0.320 e. The Morgan fingerprint density at radius 3 is 2.31 bits per heavy atom. The second kappa shape index (κ2) is 5.19. The third-order valence-electron chi connectivity index (χ3n) is 2.30. The van der Waals surface area contributed by atoms with Gasteiger partial charge >= 0.3 is 5.97 Å². The summed E-state index contributed by atoms with van der Waals surface area (Å²) in [5, 5.41) is 8.43. The fraction of sp³-hybridized carbons (Fsp3) is 0.750. The molecule has 1 aliphatic carbocycles. The van der Waals surface area contributed by atoms with Crippen LogP contribution in [-0.4, -0.2) is 22.9 Å². The van der Waals surface area contributed by atoms with E-state index >= 15 is 0 Å². The van der Waals surface area contributed by atoms with E-state index in [0.29, 0.717) is 0 Å². The van der Waals surface area contributed by atoms with Crippen LogP contribution in [0.25, 0.3) is 0 Å². The Bertz CT molecular complexity index is 204. The van der Waals surface area contributed by atoms with E-state index in [1.165, 1.54) is 0 Å². The van der Waals surface area contributed by atoms with Crippen LogP contribution in [0.5, 0.6) is 0 Å². The van der Waals surface area contributed by atoms with Gasteiger partial charge in [0, 0.05) is 12.3 Å². The maximum atomic E-state index is 11.2. The van der Waals surface area contributed by atoms with Gasteiger partial charge in [0.1, 0.15) is 11.8 Å². The summed E-state index contributed by atoms with van der Waals surface area (Å²) in [5.74, 6) is -0.991. The van der Waals surface area contributed by atoms with Gasteiger partial charge < -0.3 is 10.8 Å². The highest BCUT2D eigenvalue weighted by Gasteiger charge is 2.27. The number of nitrogens with two attached hydrogens (primary N) is 1. The third-order valence-corrected chi connectivity index (χ3v) is 2.30. The summed E-state index contributed by atoms with van der Waals surface area (Å²) in [6, 6.07) is -1.02. The van der Waals surface area contributed by atoms with Crippen LogP contribution in [0.1, 0.15) is 25.7 Å². The molecule has 1 aliphatic rings. The van der Waals surface area contributed by atoms with Crippen molar-refractivity contribution in [3.8, 4) is 0 Å². The summed E-state index contributed by atoms with van der Waals surface area (Å²) in [4.78, 5) is 21.5. The zero-order valence-corrected chi connectivity index (χ0v) is 8.05. The Hall–Kier alpha value is -0.610. The van der Waals surface area contributed by atoms with Crippen molar-refractivity contribution in [2.45, 2.75) is 31.7 Å². The predicted octanol–water partition coefficient (Wildman–Crippen LogP) is 0.579. The Morgan fingerprint density at radius 1 is 1.46 bits per heavy atom. The zero-order valence-electron chi connectivity index (χ0n) is 7.23. The molecule has 0 aromatic heterocycles. The molecule has 3 N–H and O–H groups in total. The van der Waals surface area contributed by atoms with Gasteiger partial charge in [-0.3, -0.25) is 9.59 Å². The molecule has 13 heavy (non-hydrogen) atoms. The molecule has 0 bridgehead atoms. The van der Waals surface area contributed by atoms with Crippen LogP contribution in [-0.2, 0) is 9.59 Å². The first-order valence-corrected chi connectivity index (χ1v) is 4.12. The average Bonchev–Trinajstić information content (AvgIpc) is 1.82. The minimum absolute atomic E-state index is 0. The molecule has 1 unspecified atom stereocenters. The first kappa shape index (κ1) is 12.4. The number of hydrogen-bond donors (Lipinski definition) is 2. The highest BCUT2D eigenvalue weighted by atomic mass is 35.5. The molecule has 0 heterocycles. The molecule has 0 aromatic rings. The summed E-state index contributed by atoms with van der Waals surface area (Å²) in [7, 11) is 0. The van der Waals surface area contributed by atoms with Gasteiger partial charge in [-0.05, 0) is 12.8 Å². The molecular weight excluding hydrogens is 194 g/mol. The lowest BCUT2D eigenvalue weighted by molar-refractivity contribution is -0.141. The third kappa shape index (κ3) is 3.32. The van der Waals surface area contributed by atoms with Crippen molar-refractivity contribution in [1.29, 1.82) is 0 Å². The van der Waals surface area contributed by atoms with Crippen LogP contribution in [0.4, 0.5) is 0 Å². The van der Waals surface area contributed by atoms with E-state index in [1.54, 1.807) is 0 Å². The molecule has 0 saturated heterocycles. The quantitative estimate of drug-likeness (QED) is 0.707. The number of carboxylic acid groups (broad SMARTS) is 1. The fourth-order valence-electron chi connectivity index (χ4n) is 1.20. The number of carboxylic acids is 1. The minimum atomic E-state index is -1.09. The molecule has 1 atom stereocenters. The van der Waals surface area contributed by atoms with Crippen molar-refractivity contribution in [2.75, 3.05) is 0 Å². The van der Waals surface area contributed by atoms with E-state index in [1.807, 2.05) is 0 Å². The minimum Gasteiger partial charge on any atom is -0.480 e. The van der Waals surface area contributed by atoms with Crippen molar-refractivity contribution in [3.05, 3.63) is 0 Å². The highest BCUT2D eigenvalue weighted by molar-refractivity contribution is 5.87. The summed E-state index contributed by atoms with van der Waals surface area (Å²) < 4.78 is 0. The Labute approximate surface area is 82.9 Å². The van der Waals surface area contributed by atoms with Gasteiger partial charge in [-0.25, -0.2) is 0 Å². The summed E-state index contributed by atoms with van der Waals surface area (Å²) in [6.45, 7) is 0. The number of hydrogen-bond acceptors (Lipinski definition) is 3. The number of ketones is 1. The van der Waals surface area contributed by atoms with Crippen molar-refractivity contribution < 1.29 is 14.7 Å². The zero-order chi connectivity index (χ0) is 9.14. The highest BCUT2D eigenvalue weighted by Crippen LogP contribution is 2.28. The molecule has 5 heteroatoms. The van der Waals surface area contributed by atoms with Crippen molar-refractivity contribution >= 4 is 24.2 Å². The normalized spacial score (nSPS) is 18.2. The first-order valence-electron chi connectivity index (χ1n) is 4.12. The van der Waals surface area contributed by atoms with Gasteiger partial charge in [0.25, 0.3) is 0 Å².